The highest BCUT2D eigenvalue weighted by atomic mass is 16.5. The molecule has 1 saturated carbocycles. The van der Waals surface area contributed by atoms with Gasteiger partial charge in [0.2, 0.25) is 5.95 Å². The quantitative estimate of drug-likeness (QED) is 0.791. The van der Waals surface area contributed by atoms with Crippen LogP contribution in [-0.2, 0) is 4.74 Å². The highest BCUT2D eigenvalue weighted by Crippen LogP contribution is 2.20. The van der Waals surface area contributed by atoms with Crippen LogP contribution in [0.15, 0.2) is 0 Å². The summed E-state index contributed by atoms with van der Waals surface area (Å²) in [6.45, 7) is 5.29. The predicted molar refractivity (Wildman–Crippen MR) is 66.0 cm³/mol. The molecule has 0 atom stereocenters. The van der Waals surface area contributed by atoms with Crippen molar-refractivity contribution in [1.29, 1.82) is 0 Å². The van der Waals surface area contributed by atoms with Crippen LogP contribution in [0.3, 0.4) is 0 Å². The molecule has 1 aliphatic rings. The van der Waals surface area contributed by atoms with Crippen molar-refractivity contribution in [1.82, 2.24) is 15.2 Å². The summed E-state index contributed by atoms with van der Waals surface area (Å²) in [6, 6.07) is 0. The number of ether oxygens (including phenoxy) is 1. The first-order chi connectivity index (χ1) is 8.25. The second-order valence-corrected chi connectivity index (χ2v) is 4.51. The molecule has 1 aromatic heterocycles. The maximum Gasteiger partial charge on any atom is 0.243 e. The van der Waals surface area contributed by atoms with Crippen molar-refractivity contribution in [2.45, 2.75) is 45.6 Å². The van der Waals surface area contributed by atoms with Gasteiger partial charge in [-0.15, -0.1) is 5.10 Å². The second kappa shape index (κ2) is 5.91. The number of rotatable bonds is 5. The first-order valence-corrected chi connectivity index (χ1v) is 6.29. The van der Waals surface area contributed by atoms with Crippen molar-refractivity contribution in [3.05, 3.63) is 11.4 Å². The second-order valence-electron chi connectivity index (χ2n) is 4.51. The average Bonchev–Trinajstić information content (AvgIpc) is 2.82. The van der Waals surface area contributed by atoms with Crippen LogP contribution in [-0.4, -0.2) is 34.4 Å². The summed E-state index contributed by atoms with van der Waals surface area (Å²) in [5, 5.41) is 11.1. The van der Waals surface area contributed by atoms with Gasteiger partial charge in [0, 0.05) is 6.54 Å². The van der Waals surface area contributed by atoms with Crippen molar-refractivity contribution in [3.63, 3.8) is 0 Å². The van der Waals surface area contributed by atoms with Crippen LogP contribution < -0.4 is 5.32 Å². The summed E-state index contributed by atoms with van der Waals surface area (Å²) in [4.78, 5) is 4.30. The lowest BCUT2D eigenvalue weighted by atomic mass is 10.3. The Morgan fingerprint density at radius 3 is 2.65 bits per heavy atom. The minimum atomic E-state index is 0.468. The molecule has 2 rings (SSSR count). The minimum Gasteiger partial charge on any atom is -0.376 e. The van der Waals surface area contributed by atoms with Gasteiger partial charge in [0.05, 0.1) is 24.1 Å². The fourth-order valence-corrected chi connectivity index (χ4v) is 1.98. The van der Waals surface area contributed by atoms with Gasteiger partial charge in [-0.2, -0.15) is 5.10 Å². The van der Waals surface area contributed by atoms with Crippen LogP contribution in [0.1, 0.15) is 37.1 Å². The molecule has 0 unspecified atom stereocenters. The number of aromatic nitrogens is 3. The van der Waals surface area contributed by atoms with Gasteiger partial charge in [-0.3, -0.25) is 0 Å². The van der Waals surface area contributed by atoms with E-state index < -0.39 is 0 Å². The summed E-state index contributed by atoms with van der Waals surface area (Å²) in [5.74, 6) is 0.586. The predicted octanol–water partition coefficient (Wildman–Crippen LogP) is 1.86. The van der Waals surface area contributed by atoms with Gasteiger partial charge in [-0.1, -0.05) is 12.8 Å². The first kappa shape index (κ1) is 12.2. The van der Waals surface area contributed by atoms with Gasteiger partial charge < -0.3 is 10.1 Å². The molecule has 0 saturated heterocycles. The van der Waals surface area contributed by atoms with Crippen molar-refractivity contribution in [2.24, 2.45) is 0 Å². The van der Waals surface area contributed by atoms with Gasteiger partial charge in [0.25, 0.3) is 0 Å². The Kier molecular flexibility index (Phi) is 4.25. The zero-order chi connectivity index (χ0) is 12.1. The summed E-state index contributed by atoms with van der Waals surface area (Å²) in [6.07, 6.45) is 5.50. The zero-order valence-corrected chi connectivity index (χ0v) is 10.6. The molecule has 1 heterocycles. The van der Waals surface area contributed by atoms with E-state index in [1.807, 2.05) is 13.8 Å². The third-order valence-corrected chi connectivity index (χ3v) is 3.13. The Balaban J connectivity index is 1.68. The molecule has 5 heteroatoms. The summed E-state index contributed by atoms with van der Waals surface area (Å²) < 4.78 is 5.74. The number of nitrogens with zero attached hydrogens (tertiary/aromatic N) is 3. The SMILES string of the molecule is Cc1nnc(NCCOC2CCCC2)nc1C. The topological polar surface area (TPSA) is 59.9 Å². The number of nitrogens with one attached hydrogen (secondary N) is 1. The van der Waals surface area contributed by atoms with Gasteiger partial charge in [0.1, 0.15) is 0 Å². The van der Waals surface area contributed by atoms with Crippen LogP contribution in [0.25, 0.3) is 0 Å². The highest BCUT2D eigenvalue weighted by Gasteiger charge is 2.14. The molecule has 1 aromatic rings. The van der Waals surface area contributed by atoms with Gasteiger partial charge in [-0.25, -0.2) is 4.98 Å². The lowest BCUT2D eigenvalue weighted by Gasteiger charge is -2.11. The Morgan fingerprint density at radius 1 is 1.18 bits per heavy atom. The average molecular weight is 236 g/mol. The lowest BCUT2D eigenvalue weighted by molar-refractivity contribution is 0.0658. The third-order valence-electron chi connectivity index (χ3n) is 3.13. The van der Waals surface area contributed by atoms with Crippen molar-refractivity contribution < 1.29 is 4.74 Å². The van der Waals surface area contributed by atoms with Crippen LogP contribution in [0.2, 0.25) is 0 Å². The third kappa shape index (κ3) is 3.63. The fraction of sp³-hybridized carbons (Fsp3) is 0.750. The normalized spacial score (nSPS) is 16.4. The smallest absolute Gasteiger partial charge is 0.243 e. The van der Waals surface area contributed by atoms with Crippen LogP contribution in [0.5, 0.6) is 0 Å². The highest BCUT2D eigenvalue weighted by molar-refractivity contribution is 5.24. The van der Waals surface area contributed by atoms with Crippen LogP contribution in [0, 0.1) is 13.8 Å². The zero-order valence-electron chi connectivity index (χ0n) is 10.6. The molecule has 1 fully saturated rings. The Bertz CT molecular complexity index is 364. The molecule has 1 aliphatic carbocycles. The summed E-state index contributed by atoms with van der Waals surface area (Å²) in [7, 11) is 0. The van der Waals surface area contributed by atoms with E-state index in [2.05, 4.69) is 20.5 Å². The largest absolute Gasteiger partial charge is 0.376 e. The van der Waals surface area contributed by atoms with Crippen molar-refractivity contribution in [3.8, 4) is 0 Å². The molecule has 0 aliphatic heterocycles. The molecule has 0 aromatic carbocycles. The van der Waals surface area contributed by atoms with E-state index in [9.17, 15) is 0 Å². The van der Waals surface area contributed by atoms with E-state index in [4.69, 9.17) is 4.74 Å². The monoisotopic (exact) mass is 236 g/mol. The van der Waals surface area contributed by atoms with E-state index in [1.54, 1.807) is 0 Å². The van der Waals surface area contributed by atoms with Gasteiger partial charge in [0.15, 0.2) is 0 Å². The standard InChI is InChI=1S/C12H20N4O/c1-9-10(2)15-16-12(14-9)13-7-8-17-11-5-3-4-6-11/h11H,3-8H2,1-2H3,(H,13,14,16). The Labute approximate surface area is 102 Å². The molecule has 1 N–H and O–H groups in total. The molecule has 0 radical (unpaired) electrons. The Hall–Kier alpha value is -1.23. The molecular formula is C12H20N4O. The molecule has 0 amide bonds. The molecule has 0 spiro atoms. The number of aryl methyl sites for hydroxylation is 2. The van der Waals surface area contributed by atoms with Gasteiger partial charge in [-0.05, 0) is 26.7 Å². The van der Waals surface area contributed by atoms with Crippen LogP contribution in [0.4, 0.5) is 5.95 Å². The van der Waals surface area contributed by atoms with Crippen molar-refractivity contribution >= 4 is 5.95 Å². The van der Waals surface area contributed by atoms with E-state index >= 15 is 0 Å². The van der Waals surface area contributed by atoms with E-state index in [-0.39, 0.29) is 0 Å². The lowest BCUT2D eigenvalue weighted by Crippen LogP contribution is -2.17. The van der Waals surface area contributed by atoms with E-state index in [1.165, 1.54) is 25.7 Å². The van der Waals surface area contributed by atoms with Gasteiger partial charge >= 0.3 is 0 Å². The maximum atomic E-state index is 5.74. The molecule has 0 bridgehead atoms. The fourth-order valence-electron chi connectivity index (χ4n) is 1.98. The molecular weight excluding hydrogens is 216 g/mol. The van der Waals surface area contributed by atoms with Crippen molar-refractivity contribution in [2.75, 3.05) is 18.5 Å². The number of hydrogen-bond acceptors (Lipinski definition) is 5. The molecule has 94 valence electrons. The van der Waals surface area contributed by atoms with E-state index in [0.717, 1.165) is 17.9 Å². The summed E-state index contributed by atoms with van der Waals surface area (Å²) >= 11 is 0. The van der Waals surface area contributed by atoms with E-state index in [0.29, 0.717) is 18.7 Å². The number of anilines is 1. The maximum absolute atomic E-state index is 5.74. The summed E-state index contributed by atoms with van der Waals surface area (Å²) in [5.41, 5.74) is 1.79. The minimum absolute atomic E-state index is 0.468. The molecule has 5 nitrogen and oxygen atoms in total. The Morgan fingerprint density at radius 2 is 1.94 bits per heavy atom. The van der Waals surface area contributed by atoms with Crippen LogP contribution >= 0.6 is 0 Å². The first-order valence-electron chi connectivity index (χ1n) is 6.29. The number of hydrogen-bond donors (Lipinski definition) is 1. The molecule has 17 heavy (non-hydrogen) atoms.